The number of likely N-dealkylation sites (tertiary alicyclic amines) is 1. The largest absolute Gasteiger partial charge is 0.490 e. The van der Waals surface area contributed by atoms with Crippen molar-refractivity contribution in [2.75, 3.05) is 26.3 Å². The third kappa shape index (κ3) is 4.62. The van der Waals surface area contributed by atoms with Crippen LogP contribution in [-0.4, -0.2) is 59.9 Å². The number of amides is 1. The fraction of sp³-hybridized carbons (Fsp3) is 0.500. The van der Waals surface area contributed by atoms with Crippen LogP contribution in [0, 0.1) is 11.8 Å². The lowest BCUT2D eigenvalue weighted by Crippen LogP contribution is -2.56. The second-order valence-electron chi connectivity index (χ2n) is 10.3. The molecule has 0 saturated carbocycles. The van der Waals surface area contributed by atoms with Crippen LogP contribution in [0.5, 0.6) is 17.2 Å². The van der Waals surface area contributed by atoms with E-state index in [9.17, 15) is 9.59 Å². The molecule has 3 aliphatic heterocycles. The van der Waals surface area contributed by atoms with Gasteiger partial charge in [-0.3, -0.25) is 4.79 Å². The van der Waals surface area contributed by atoms with Gasteiger partial charge in [-0.2, -0.15) is 0 Å². The molecule has 2 fully saturated rings. The number of aliphatic carboxylic acids is 1. The molecular formula is C28H33NO7. The van der Waals surface area contributed by atoms with Gasteiger partial charge in [0.15, 0.2) is 18.1 Å². The Labute approximate surface area is 211 Å². The molecule has 5 rings (SSSR count). The highest BCUT2D eigenvalue weighted by molar-refractivity contribution is 5.94. The van der Waals surface area contributed by atoms with Crippen molar-refractivity contribution in [2.45, 2.75) is 51.4 Å². The Kier molecular flexibility index (Phi) is 6.55. The molecule has 36 heavy (non-hydrogen) atoms. The lowest BCUT2D eigenvalue weighted by atomic mass is 9.70. The summed E-state index contributed by atoms with van der Waals surface area (Å²) in [5.74, 6) is 1.11. The van der Waals surface area contributed by atoms with Gasteiger partial charge >= 0.3 is 5.97 Å². The van der Waals surface area contributed by atoms with Crippen LogP contribution in [-0.2, 0) is 9.53 Å². The van der Waals surface area contributed by atoms with Gasteiger partial charge in [0.2, 0.25) is 0 Å². The predicted molar refractivity (Wildman–Crippen MR) is 132 cm³/mol. The number of hydrogen-bond acceptors (Lipinski definition) is 6. The zero-order chi connectivity index (χ0) is 25.4. The quantitative estimate of drug-likeness (QED) is 0.638. The fourth-order valence-corrected chi connectivity index (χ4v) is 5.79. The normalized spacial score (nSPS) is 26.0. The van der Waals surface area contributed by atoms with Gasteiger partial charge in [-0.25, -0.2) is 4.79 Å². The smallest absolute Gasteiger partial charge is 0.341 e. The maximum Gasteiger partial charge on any atom is 0.341 e. The van der Waals surface area contributed by atoms with Crippen molar-refractivity contribution in [3.8, 4) is 17.2 Å². The number of carboxylic acid groups (broad SMARTS) is 1. The van der Waals surface area contributed by atoms with Crippen LogP contribution in [0.3, 0.4) is 0 Å². The van der Waals surface area contributed by atoms with Gasteiger partial charge in [0, 0.05) is 36.1 Å². The van der Waals surface area contributed by atoms with E-state index in [4.69, 9.17) is 24.1 Å². The van der Waals surface area contributed by atoms with Gasteiger partial charge in [0.25, 0.3) is 5.91 Å². The van der Waals surface area contributed by atoms with Gasteiger partial charge in [-0.1, -0.05) is 18.2 Å². The average molecular weight is 496 g/mol. The number of ether oxygens (including phenoxy) is 4. The number of carboxylic acids is 1. The molecule has 2 aromatic carbocycles. The molecule has 4 atom stereocenters. The van der Waals surface area contributed by atoms with Crippen LogP contribution in [0.15, 0.2) is 42.5 Å². The second kappa shape index (κ2) is 9.65. The number of piperidine rings is 1. The van der Waals surface area contributed by atoms with E-state index < -0.39 is 18.2 Å². The molecule has 8 nitrogen and oxygen atoms in total. The van der Waals surface area contributed by atoms with Crippen molar-refractivity contribution in [3.63, 3.8) is 0 Å². The zero-order valence-electron chi connectivity index (χ0n) is 20.9. The number of hydrogen-bond donors (Lipinski definition) is 1. The average Bonchev–Trinajstić information content (AvgIpc) is 2.86. The topological polar surface area (TPSA) is 94.5 Å². The third-order valence-corrected chi connectivity index (χ3v) is 7.51. The number of benzene rings is 2. The van der Waals surface area contributed by atoms with Crippen molar-refractivity contribution in [2.24, 2.45) is 11.8 Å². The Balaban J connectivity index is 1.32. The molecule has 0 spiro atoms. The molecule has 192 valence electrons. The summed E-state index contributed by atoms with van der Waals surface area (Å²) in [5, 5.41) is 8.85. The van der Waals surface area contributed by atoms with Crippen molar-refractivity contribution in [3.05, 3.63) is 53.6 Å². The molecule has 2 aromatic rings. The van der Waals surface area contributed by atoms with Gasteiger partial charge < -0.3 is 29.0 Å². The van der Waals surface area contributed by atoms with Crippen molar-refractivity contribution in [1.29, 1.82) is 0 Å². The van der Waals surface area contributed by atoms with Crippen molar-refractivity contribution >= 4 is 11.9 Å². The van der Waals surface area contributed by atoms with Crippen LogP contribution in [0.4, 0.5) is 0 Å². The molecule has 3 aliphatic rings. The molecule has 2 saturated heterocycles. The standard InChI is InChI=1S/C28H33NO7/c1-4-33-23-10-6-9-20-25-21(28(2,3)36-26(20)23)14-18-15-29(12-11-22(18)35-25)27(32)17-7-5-8-19(13-17)34-16-24(30)31/h5-10,13,18,21-22,25H,4,11-12,14-16H2,1-3H3,(H,30,31)/t18-,21-,22-,25+/m0/s1. The Hall–Kier alpha value is -3.26. The second-order valence-corrected chi connectivity index (χ2v) is 10.3. The van der Waals surface area contributed by atoms with Crippen LogP contribution in [0.1, 0.15) is 55.6 Å². The first-order valence-corrected chi connectivity index (χ1v) is 12.6. The van der Waals surface area contributed by atoms with E-state index in [-0.39, 0.29) is 30.0 Å². The summed E-state index contributed by atoms with van der Waals surface area (Å²) in [7, 11) is 0. The molecule has 1 N–H and O–H groups in total. The minimum absolute atomic E-state index is 0.0676. The summed E-state index contributed by atoms with van der Waals surface area (Å²) in [5.41, 5.74) is 1.09. The number of fused-ring (bicyclic) bond motifs is 4. The highest BCUT2D eigenvalue weighted by atomic mass is 16.5. The number of rotatable bonds is 6. The van der Waals surface area contributed by atoms with E-state index >= 15 is 0 Å². The maximum absolute atomic E-state index is 13.3. The fourth-order valence-electron chi connectivity index (χ4n) is 5.79. The molecule has 1 amide bonds. The summed E-state index contributed by atoms with van der Waals surface area (Å²) < 4.78 is 24.3. The Morgan fingerprint density at radius 2 is 1.97 bits per heavy atom. The van der Waals surface area contributed by atoms with Gasteiger partial charge in [0.05, 0.1) is 18.8 Å². The van der Waals surface area contributed by atoms with E-state index in [2.05, 4.69) is 19.9 Å². The van der Waals surface area contributed by atoms with E-state index in [1.54, 1.807) is 24.3 Å². The molecule has 0 radical (unpaired) electrons. The van der Waals surface area contributed by atoms with Crippen molar-refractivity contribution in [1.82, 2.24) is 4.90 Å². The summed E-state index contributed by atoms with van der Waals surface area (Å²) in [6.07, 6.45) is 1.65. The van der Waals surface area contributed by atoms with Crippen LogP contribution in [0.25, 0.3) is 0 Å². The number of para-hydroxylation sites is 1. The molecule has 3 heterocycles. The maximum atomic E-state index is 13.3. The number of carbonyl (C=O) groups is 2. The van der Waals surface area contributed by atoms with Crippen LogP contribution < -0.4 is 14.2 Å². The first-order valence-electron chi connectivity index (χ1n) is 12.6. The summed E-state index contributed by atoms with van der Waals surface area (Å²) in [4.78, 5) is 26.0. The summed E-state index contributed by atoms with van der Waals surface area (Å²) in [6, 6.07) is 12.7. The number of nitrogens with zero attached hydrogens (tertiary/aromatic N) is 1. The SMILES string of the molecule is CCOc1cccc2c1OC(C)(C)[C@H]1C[C@H]3CN(C(=O)c4cccc(OCC(=O)O)c4)CC[C@@H]3O[C@H]21. The summed E-state index contributed by atoms with van der Waals surface area (Å²) in [6.45, 7) is 7.50. The predicted octanol–water partition coefficient (Wildman–Crippen LogP) is 4.33. The molecule has 0 unspecified atom stereocenters. The molecule has 0 bridgehead atoms. The first kappa shape index (κ1) is 24.4. The zero-order valence-corrected chi connectivity index (χ0v) is 20.9. The van der Waals surface area contributed by atoms with E-state index in [0.717, 1.165) is 29.9 Å². The van der Waals surface area contributed by atoms with Gasteiger partial charge in [-0.05, 0) is 57.9 Å². The Morgan fingerprint density at radius 3 is 2.75 bits per heavy atom. The summed E-state index contributed by atoms with van der Waals surface area (Å²) >= 11 is 0. The van der Waals surface area contributed by atoms with Crippen LogP contribution in [0.2, 0.25) is 0 Å². The lowest BCUT2D eigenvalue weighted by Gasteiger charge is -2.53. The third-order valence-electron chi connectivity index (χ3n) is 7.51. The Morgan fingerprint density at radius 1 is 1.17 bits per heavy atom. The molecular weight excluding hydrogens is 462 g/mol. The minimum Gasteiger partial charge on any atom is -0.490 e. The Bertz CT molecular complexity index is 1150. The van der Waals surface area contributed by atoms with Crippen LogP contribution >= 0.6 is 0 Å². The molecule has 0 aliphatic carbocycles. The van der Waals surface area contributed by atoms with E-state index in [1.165, 1.54) is 0 Å². The molecule has 8 heteroatoms. The van der Waals surface area contributed by atoms with Gasteiger partial charge in [0.1, 0.15) is 11.4 Å². The monoisotopic (exact) mass is 495 g/mol. The first-order chi connectivity index (χ1) is 17.3. The lowest BCUT2D eigenvalue weighted by molar-refractivity contribution is -0.184. The molecule has 0 aromatic heterocycles. The van der Waals surface area contributed by atoms with E-state index in [0.29, 0.717) is 31.0 Å². The number of carbonyl (C=O) groups excluding carboxylic acids is 1. The minimum atomic E-state index is -1.06. The highest BCUT2D eigenvalue weighted by Crippen LogP contribution is 2.55. The van der Waals surface area contributed by atoms with Gasteiger partial charge in [-0.15, -0.1) is 0 Å². The highest BCUT2D eigenvalue weighted by Gasteiger charge is 2.52. The van der Waals surface area contributed by atoms with Crippen molar-refractivity contribution < 1.29 is 33.6 Å². The van der Waals surface area contributed by atoms with E-state index in [1.807, 2.05) is 24.0 Å².